The van der Waals surface area contributed by atoms with Crippen molar-refractivity contribution in [1.29, 1.82) is 5.26 Å². The fourth-order valence-electron chi connectivity index (χ4n) is 2.61. The fraction of sp³-hybridized carbons (Fsp3) is 0.250. The SMILES string of the molecule is C#CO/C(=C(/C#N)NC)c1cccc(/C=C/c2cccc(C(C)(F)C(C)C)n2)c1. The van der Waals surface area contributed by atoms with Gasteiger partial charge in [-0.15, -0.1) is 0 Å². The van der Waals surface area contributed by atoms with Gasteiger partial charge in [-0.1, -0.05) is 50.6 Å². The molecule has 29 heavy (non-hydrogen) atoms. The summed E-state index contributed by atoms with van der Waals surface area (Å²) >= 11 is 0. The predicted molar refractivity (Wildman–Crippen MR) is 114 cm³/mol. The number of hydrogen-bond acceptors (Lipinski definition) is 4. The maximum Gasteiger partial charge on any atom is 0.181 e. The van der Waals surface area contributed by atoms with Crippen molar-refractivity contribution in [2.45, 2.75) is 26.4 Å². The number of halogens is 1. The maximum atomic E-state index is 14.9. The van der Waals surface area contributed by atoms with E-state index in [1.165, 1.54) is 0 Å². The smallest absolute Gasteiger partial charge is 0.181 e. The Labute approximate surface area is 171 Å². The lowest BCUT2D eigenvalue weighted by atomic mass is 9.90. The van der Waals surface area contributed by atoms with Crippen molar-refractivity contribution in [3.05, 3.63) is 70.7 Å². The van der Waals surface area contributed by atoms with Crippen LogP contribution in [-0.4, -0.2) is 12.0 Å². The lowest BCUT2D eigenvalue weighted by Gasteiger charge is -2.24. The minimum atomic E-state index is -1.50. The van der Waals surface area contributed by atoms with Crippen LogP contribution in [0.4, 0.5) is 4.39 Å². The number of nitrogens with one attached hydrogen (secondary N) is 1. The number of benzene rings is 1. The van der Waals surface area contributed by atoms with Gasteiger partial charge in [0.2, 0.25) is 0 Å². The number of nitrogens with zero attached hydrogens (tertiary/aromatic N) is 2. The molecule has 0 fully saturated rings. The quantitative estimate of drug-likeness (QED) is 0.406. The summed E-state index contributed by atoms with van der Waals surface area (Å²) < 4.78 is 20.1. The predicted octanol–water partition coefficient (Wildman–Crippen LogP) is 5.11. The summed E-state index contributed by atoms with van der Waals surface area (Å²) in [4.78, 5) is 4.45. The Morgan fingerprint density at radius 1 is 1.28 bits per heavy atom. The lowest BCUT2D eigenvalue weighted by molar-refractivity contribution is 0.117. The molecule has 1 atom stereocenters. The van der Waals surface area contributed by atoms with Gasteiger partial charge in [0.05, 0.1) is 11.4 Å². The highest BCUT2D eigenvalue weighted by atomic mass is 19.1. The van der Waals surface area contributed by atoms with E-state index in [2.05, 4.69) is 16.4 Å². The van der Waals surface area contributed by atoms with Gasteiger partial charge >= 0.3 is 0 Å². The molecule has 0 aliphatic carbocycles. The van der Waals surface area contributed by atoms with E-state index in [0.29, 0.717) is 17.0 Å². The number of alkyl halides is 1. The number of aromatic nitrogens is 1. The first-order valence-electron chi connectivity index (χ1n) is 9.23. The Balaban J connectivity index is 2.37. The molecule has 0 aliphatic heterocycles. The first kappa shape index (κ1) is 21.7. The van der Waals surface area contributed by atoms with Gasteiger partial charge in [0.25, 0.3) is 0 Å². The second-order valence-electron chi connectivity index (χ2n) is 6.92. The molecule has 0 radical (unpaired) electrons. The van der Waals surface area contributed by atoms with Crippen LogP contribution in [0.1, 0.15) is 43.3 Å². The Morgan fingerprint density at radius 2 is 2.00 bits per heavy atom. The van der Waals surface area contributed by atoms with Crippen LogP contribution in [0.25, 0.3) is 17.9 Å². The van der Waals surface area contributed by atoms with Crippen LogP contribution in [0, 0.1) is 29.8 Å². The van der Waals surface area contributed by atoms with E-state index in [4.69, 9.17) is 11.2 Å². The van der Waals surface area contributed by atoms with Crippen LogP contribution in [0.2, 0.25) is 0 Å². The summed E-state index contributed by atoms with van der Waals surface area (Å²) in [5, 5.41) is 12.0. The Morgan fingerprint density at radius 3 is 2.62 bits per heavy atom. The highest BCUT2D eigenvalue weighted by Crippen LogP contribution is 2.32. The van der Waals surface area contributed by atoms with Gasteiger partial charge in [-0.05, 0) is 42.7 Å². The second kappa shape index (κ2) is 9.57. The monoisotopic (exact) mass is 389 g/mol. The molecule has 2 aromatic rings. The molecule has 1 aromatic carbocycles. The molecule has 1 N–H and O–H groups in total. The van der Waals surface area contributed by atoms with Crippen molar-refractivity contribution in [3.8, 4) is 18.6 Å². The molecule has 1 unspecified atom stereocenters. The zero-order chi connectivity index (χ0) is 21.4. The average molecular weight is 389 g/mol. The third-order valence-electron chi connectivity index (χ3n) is 4.70. The van der Waals surface area contributed by atoms with Gasteiger partial charge < -0.3 is 10.1 Å². The van der Waals surface area contributed by atoms with Crippen LogP contribution in [0.15, 0.2) is 48.2 Å². The van der Waals surface area contributed by atoms with E-state index >= 15 is 0 Å². The summed E-state index contributed by atoms with van der Waals surface area (Å²) in [6.45, 7) is 5.21. The molecule has 1 aromatic heterocycles. The van der Waals surface area contributed by atoms with Crippen LogP contribution in [0.5, 0.6) is 0 Å². The molecule has 5 heteroatoms. The van der Waals surface area contributed by atoms with Crippen molar-refractivity contribution >= 4 is 17.9 Å². The largest absolute Gasteiger partial charge is 0.404 e. The van der Waals surface area contributed by atoms with Crippen molar-refractivity contribution in [2.75, 3.05) is 7.05 Å². The zero-order valence-corrected chi connectivity index (χ0v) is 17.0. The van der Waals surface area contributed by atoms with Crippen molar-refractivity contribution < 1.29 is 9.13 Å². The molecule has 4 nitrogen and oxygen atoms in total. The number of terminal acetylenes is 1. The Kier molecular flexibility index (Phi) is 7.17. The van der Waals surface area contributed by atoms with E-state index in [0.717, 1.165) is 5.56 Å². The van der Waals surface area contributed by atoms with Gasteiger partial charge in [-0.25, -0.2) is 4.39 Å². The third kappa shape index (κ3) is 5.24. The summed E-state index contributed by atoms with van der Waals surface area (Å²) in [7, 11) is 1.62. The van der Waals surface area contributed by atoms with E-state index in [-0.39, 0.29) is 17.4 Å². The fourth-order valence-corrected chi connectivity index (χ4v) is 2.61. The molecular weight excluding hydrogens is 365 g/mol. The normalized spacial score (nSPS) is 13.9. The first-order valence-corrected chi connectivity index (χ1v) is 9.23. The number of ether oxygens (including phenoxy) is 1. The number of nitriles is 1. The van der Waals surface area contributed by atoms with Crippen molar-refractivity contribution in [1.82, 2.24) is 10.3 Å². The van der Waals surface area contributed by atoms with Crippen LogP contribution in [-0.2, 0) is 10.4 Å². The average Bonchev–Trinajstić information content (AvgIpc) is 2.72. The van der Waals surface area contributed by atoms with Gasteiger partial charge in [0, 0.05) is 12.6 Å². The topological polar surface area (TPSA) is 57.9 Å². The first-order chi connectivity index (χ1) is 13.8. The zero-order valence-electron chi connectivity index (χ0n) is 17.0. The Bertz CT molecular complexity index is 1010. The minimum absolute atomic E-state index is 0.186. The molecule has 148 valence electrons. The van der Waals surface area contributed by atoms with Crippen LogP contribution < -0.4 is 5.32 Å². The Hall–Kier alpha value is -3.57. The number of allylic oxidation sites excluding steroid dienone is 1. The van der Waals surface area contributed by atoms with Gasteiger partial charge in [-0.3, -0.25) is 4.98 Å². The highest BCUT2D eigenvalue weighted by Gasteiger charge is 2.31. The van der Waals surface area contributed by atoms with Crippen molar-refractivity contribution in [3.63, 3.8) is 0 Å². The molecule has 1 heterocycles. The molecule has 0 saturated carbocycles. The van der Waals surface area contributed by atoms with E-state index in [1.54, 1.807) is 32.2 Å². The van der Waals surface area contributed by atoms with E-state index in [1.807, 2.05) is 56.3 Å². The maximum absolute atomic E-state index is 14.9. The van der Waals surface area contributed by atoms with E-state index in [9.17, 15) is 9.65 Å². The van der Waals surface area contributed by atoms with Crippen LogP contribution in [0.3, 0.4) is 0 Å². The summed E-state index contributed by atoms with van der Waals surface area (Å²) in [5.41, 5.74) is 1.30. The van der Waals surface area contributed by atoms with Gasteiger partial charge in [-0.2, -0.15) is 5.26 Å². The highest BCUT2D eigenvalue weighted by molar-refractivity contribution is 5.73. The molecular formula is C24H24FN3O. The number of pyridine rings is 1. The molecule has 0 aliphatic rings. The molecule has 0 amide bonds. The number of hydrogen-bond donors (Lipinski definition) is 1. The van der Waals surface area contributed by atoms with Gasteiger partial charge in [0.1, 0.15) is 12.2 Å². The summed E-state index contributed by atoms with van der Waals surface area (Å²) in [6, 6.07) is 14.7. The lowest BCUT2D eigenvalue weighted by Crippen LogP contribution is -2.24. The molecule has 0 bridgehead atoms. The molecule has 0 saturated heterocycles. The second-order valence-corrected chi connectivity index (χ2v) is 6.92. The minimum Gasteiger partial charge on any atom is -0.404 e. The van der Waals surface area contributed by atoms with Crippen molar-refractivity contribution in [2.24, 2.45) is 5.92 Å². The third-order valence-corrected chi connectivity index (χ3v) is 4.70. The van der Waals surface area contributed by atoms with Crippen LogP contribution >= 0.6 is 0 Å². The van der Waals surface area contributed by atoms with Gasteiger partial charge in [0.15, 0.2) is 17.1 Å². The summed E-state index contributed by atoms with van der Waals surface area (Å²) in [6.07, 6.45) is 11.0. The standard InChI is InChI=1S/C24H24FN3O/c1-6-29-23(21(16-26)27-5)19-10-7-9-18(15-19)13-14-20-11-8-12-22(28-20)24(4,25)17(2)3/h1,7-15,17,27H,2-5H3/b14-13+,23-21-. The summed E-state index contributed by atoms with van der Waals surface area (Å²) in [5.74, 6) is 0.0896. The molecule has 0 spiro atoms. The molecule has 2 rings (SSSR count). The number of rotatable bonds is 7. The van der Waals surface area contributed by atoms with E-state index < -0.39 is 5.67 Å².